The summed E-state index contributed by atoms with van der Waals surface area (Å²) in [6.45, 7) is 8.18. The van der Waals surface area contributed by atoms with Crippen molar-refractivity contribution in [3.63, 3.8) is 0 Å². The minimum Gasteiger partial charge on any atom is -0.326 e. The lowest BCUT2D eigenvalue weighted by Gasteiger charge is -2.21. The van der Waals surface area contributed by atoms with Gasteiger partial charge in [0.25, 0.3) is 0 Å². The Labute approximate surface area is 122 Å². The van der Waals surface area contributed by atoms with Gasteiger partial charge in [-0.15, -0.1) is 0 Å². The number of hydrogen-bond acceptors (Lipinski definition) is 3. The Morgan fingerprint density at radius 1 is 1.20 bits per heavy atom. The molecule has 0 spiro atoms. The number of hydrogen-bond donors (Lipinski definition) is 2. The number of nitrogens with two attached hydrogens (primary N) is 1. The van der Waals surface area contributed by atoms with Crippen molar-refractivity contribution in [3.05, 3.63) is 29.3 Å². The monoisotopic (exact) mass is 298 g/mol. The fraction of sp³-hybridized carbons (Fsp3) is 0.600. The molecule has 1 aromatic carbocycles. The highest BCUT2D eigenvalue weighted by atomic mass is 32.2. The molecule has 0 aliphatic rings. The number of sulfonamides is 1. The first-order chi connectivity index (χ1) is 9.31. The van der Waals surface area contributed by atoms with E-state index in [-0.39, 0.29) is 12.6 Å². The molecule has 0 saturated carbocycles. The van der Waals surface area contributed by atoms with Crippen LogP contribution in [0.15, 0.2) is 23.1 Å². The molecule has 0 aliphatic carbocycles. The van der Waals surface area contributed by atoms with Crippen LogP contribution in [-0.2, 0) is 10.0 Å². The zero-order chi connectivity index (χ0) is 15.3. The molecule has 0 amide bonds. The highest BCUT2D eigenvalue weighted by molar-refractivity contribution is 7.89. The molecule has 4 nitrogen and oxygen atoms in total. The largest absolute Gasteiger partial charge is 0.326 e. The summed E-state index contributed by atoms with van der Waals surface area (Å²) in [5.74, 6) is 0.344. The Bertz CT molecular complexity index is 537. The van der Waals surface area contributed by atoms with E-state index >= 15 is 0 Å². The van der Waals surface area contributed by atoms with Gasteiger partial charge in [0, 0.05) is 12.6 Å². The van der Waals surface area contributed by atoms with Crippen LogP contribution in [0, 0.1) is 19.8 Å². The normalized spacial score (nSPS) is 13.7. The van der Waals surface area contributed by atoms with E-state index < -0.39 is 10.0 Å². The van der Waals surface area contributed by atoms with Crippen molar-refractivity contribution in [2.24, 2.45) is 11.7 Å². The summed E-state index contributed by atoms with van der Waals surface area (Å²) in [7, 11) is -3.48. The van der Waals surface area contributed by atoms with E-state index in [0.717, 1.165) is 24.0 Å². The van der Waals surface area contributed by atoms with Crippen molar-refractivity contribution in [2.75, 3.05) is 6.54 Å². The van der Waals surface area contributed by atoms with E-state index in [1.807, 2.05) is 26.0 Å². The topological polar surface area (TPSA) is 72.2 Å². The van der Waals surface area contributed by atoms with Gasteiger partial charge in [0.15, 0.2) is 0 Å². The van der Waals surface area contributed by atoms with Crippen LogP contribution in [-0.4, -0.2) is 21.0 Å². The van der Waals surface area contributed by atoms with Crippen LogP contribution < -0.4 is 10.5 Å². The van der Waals surface area contributed by atoms with E-state index in [4.69, 9.17) is 5.73 Å². The summed E-state index contributed by atoms with van der Waals surface area (Å²) in [6.07, 6.45) is 1.92. The summed E-state index contributed by atoms with van der Waals surface area (Å²) >= 11 is 0. The van der Waals surface area contributed by atoms with Crippen LogP contribution >= 0.6 is 0 Å². The molecule has 114 valence electrons. The minimum absolute atomic E-state index is 0.148. The molecular formula is C15H26N2O2S. The van der Waals surface area contributed by atoms with E-state index in [1.165, 1.54) is 0 Å². The van der Waals surface area contributed by atoms with Crippen molar-refractivity contribution in [3.8, 4) is 0 Å². The van der Waals surface area contributed by atoms with Crippen LogP contribution in [0.2, 0.25) is 0 Å². The average Bonchev–Trinajstić information content (AvgIpc) is 2.37. The molecule has 1 unspecified atom stereocenters. The molecule has 0 heterocycles. The van der Waals surface area contributed by atoms with Crippen LogP contribution in [0.25, 0.3) is 0 Å². The third kappa shape index (κ3) is 4.30. The molecule has 3 N–H and O–H groups in total. The van der Waals surface area contributed by atoms with Gasteiger partial charge in [-0.3, -0.25) is 0 Å². The molecular weight excluding hydrogens is 272 g/mol. The summed E-state index contributed by atoms with van der Waals surface area (Å²) in [5, 5.41) is 0. The van der Waals surface area contributed by atoms with Crippen molar-refractivity contribution in [2.45, 2.75) is 51.5 Å². The quantitative estimate of drug-likeness (QED) is 0.811. The molecule has 1 atom stereocenters. The maximum absolute atomic E-state index is 12.3. The first-order valence-electron chi connectivity index (χ1n) is 7.14. The van der Waals surface area contributed by atoms with Gasteiger partial charge in [-0.2, -0.15) is 0 Å². The Morgan fingerprint density at radius 3 is 2.30 bits per heavy atom. The Hall–Kier alpha value is -0.910. The second-order valence-electron chi connectivity index (χ2n) is 5.36. The van der Waals surface area contributed by atoms with E-state index in [2.05, 4.69) is 18.6 Å². The van der Waals surface area contributed by atoms with Gasteiger partial charge >= 0.3 is 0 Å². The molecule has 20 heavy (non-hydrogen) atoms. The van der Waals surface area contributed by atoms with Crippen LogP contribution in [0.1, 0.15) is 37.8 Å². The molecule has 0 aliphatic heterocycles. The summed E-state index contributed by atoms with van der Waals surface area (Å²) < 4.78 is 27.2. The first-order valence-corrected chi connectivity index (χ1v) is 8.62. The average molecular weight is 298 g/mol. The second kappa shape index (κ2) is 7.20. The fourth-order valence-electron chi connectivity index (χ4n) is 2.45. The smallest absolute Gasteiger partial charge is 0.240 e. The highest BCUT2D eigenvalue weighted by Gasteiger charge is 2.20. The lowest BCUT2D eigenvalue weighted by molar-refractivity contribution is 0.392. The zero-order valence-corrected chi connectivity index (χ0v) is 13.6. The Morgan fingerprint density at radius 2 is 1.80 bits per heavy atom. The summed E-state index contributed by atoms with van der Waals surface area (Å²) in [4.78, 5) is 0.333. The molecule has 0 saturated heterocycles. The van der Waals surface area contributed by atoms with Gasteiger partial charge < -0.3 is 5.73 Å². The van der Waals surface area contributed by atoms with Crippen molar-refractivity contribution in [1.82, 2.24) is 4.72 Å². The predicted octanol–water partition coefficient (Wildman–Crippen LogP) is 2.35. The Balaban J connectivity index is 2.80. The summed E-state index contributed by atoms with van der Waals surface area (Å²) in [5.41, 5.74) is 7.87. The maximum atomic E-state index is 12.3. The molecule has 0 fully saturated rings. The molecule has 1 rings (SSSR count). The molecule has 0 radical (unpaired) electrons. The van der Waals surface area contributed by atoms with Gasteiger partial charge in [-0.05, 0) is 31.4 Å². The lowest BCUT2D eigenvalue weighted by Crippen LogP contribution is -2.41. The predicted molar refractivity (Wildman–Crippen MR) is 83.2 cm³/mol. The SMILES string of the molecule is CCC(CC)C(N)CNS(=O)(=O)c1ccc(C)cc1C. The second-order valence-corrected chi connectivity index (χ2v) is 7.10. The number of benzene rings is 1. The molecule has 0 bridgehead atoms. The van der Waals surface area contributed by atoms with E-state index in [0.29, 0.717) is 10.8 Å². The molecule has 1 aromatic rings. The fourth-order valence-corrected chi connectivity index (χ4v) is 3.74. The van der Waals surface area contributed by atoms with Gasteiger partial charge in [0.2, 0.25) is 10.0 Å². The van der Waals surface area contributed by atoms with Crippen LogP contribution in [0.5, 0.6) is 0 Å². The maximum Gasteiger partial charge on any atom is 0.240 e. The lowest BCUT2D eigenvalue weighted by atomic mass is 9.95. The van der Waals surface area contributed by atoms with Crippen LogP contribution in [0.3, 0.4) is 0 Å². The Kier molecular flexibility index (Phi) is 6.17. The number of rotatable bonds is 7. The molecule has 5 heteroatoms. The number of nitrogens with one attached hydrogen (secondary N) is 1. The first kappa shape index (κ1) is 17.1. The minimum atomic E-state index is -3.48. The summed E-state index contributed by atoms with van der Waals surface area (Å²) in [6, 6.07) is 5.18. The third-order valence-corrected chi connectivity index (χ3v) is 5.37. The number of aryl methyl sites for hydroxylation is 2. The van der Waals surface area contributed by atoms with Crippen molar-refractivity contribution in [1.29, 1.82) is 0 Å². The van der Waals surface area contributed by atoms with E-state index in [9.17, 15) is 8.42 Å². The third-order valence-electron chi connectivity index (χ3n) is 3.78. The standard InChI is InChI=1S/C15H26N2O2S/c1-5-13(6-2)14(16)10-17-20(18,19)15-8-7-11(3)9-12(15)4/h7-9,13-14,17H,5-6,10,16H2,1-4H3. The van der Waals surface area contributed by atoms with Crippen molar-refractivity contribution < 1.29 is 8.42 Å². The van der Waals surface area contributed by atoms with Gasteiger partial charge in [0.1, 0.15) is 0 Å². The van der Waals surface area contributed by atoms with Crippen LogP contribution in [0.4, 0.5) is 0 Å². The zero-order valence-electron chi connectivity index (χ0n) is 12.8. The van der Waals surface area contributed by atoms with Gasteiger partial charge in [0.05, 0.1) is 4.90 Å². The van der Waals surface area contributed by atoms with E-state index in [1.54, 1.807) is 6.07 Å². The van der Waals surface area contributed by atoms with Gasteiger partial charge in [-0.25, -0.2) is 13.1 Å². The molecule has 0 aromatic heterocycles. The van der Waals surface area contributed by atoms with Crippen molar-refractivity contribution >= 4 is 10.0 Å². The van der Waals surface area contributed by atoms with Gasteiger partial charge in [-0.1, -0.05) is 44.4 Å². The highest BCUT2D eigenvalue weighted by Crippen LogP contribution is 2.17.